The van der Waals surface area contributed by atoms with Crippen molar-refractivity contribution in [2.45, 2.75) is 32.4 Å². The number of hydrogen-bond acceptors (Lipinski definition) is 4. The van der Waals surface area contributed by atoms with E-state index >= 15 is 0 Å². The summed E-state index contributed by atoms with van der Waals surface area (Å²) in [6.45, 7) is 6.40. The highest BCUT2D eigenvalue weighted by Gasteiger charge is 2.41. The number of thiophene rings is 1. The van der Waals surface area contributed by atoms with Crippen LogP contribution in [0, 0.1) is 23.1 Å². The monoisotopic (exact) mass is 398 g/mol. The third-order valence-corrected chi connectivity index (χ3v) is 6.89. The number of benzene rings is 1. The fraction of sp³-hybridized carbons (Fsp3) is 0.478. The zero-order valence-corrected chi connectivity index (χ0v) is 17.0. The average molecular weight is 399 g/mol. The first-order valence-corrected chi connectivity index (χ1v) is 10.8. The minimum Gasteiger partial charge on any atom is -0.384 e. The Bertz CT molecular complexity index is 853. The van der Waals surface area contributed by atoms with Gasteiger partial charge in [0.15, 0.2) is 0 Å². The number of aliphatic hydroxyl groups excluding tert-OH is 1. The normalized spacial score (nSPS) is 23.1. The molecule has 1 atom stereocenters. The molecule has 0 saturated carbocycles. The molecule has 5 heteroatoms. The molecule has 4 rings (SSSR count). The van der Waals surface area contributed by atoms with Gasteiger partial charge < -0.3 is 5.11 Å². The highest BCUT2D eigenvalue weighted by atomic mass is 32.1. The highest BCUT2D eigenvalue weighted by Crippen LogP contribution is 2.40. The molecule has 1 aromatic carbocycles. The van der Waals surface area contributed by atoms with Crippen molar-refractivity contribution < 1.29 is 9.50 Å². The Morgan fingerprint density at radius 3 is 2.57 bits per heavy atom. The summed E-state index contributed by atoms with van der Waals surface area (Å²) in [6, 6.07) is 11.2. The van der Waals surface area contributed by atoms with Gasteiger partial charge in [-0.2, -0.15) is 0 Å². The second-order valence-corrected chi connectivity index (χ2v) is 9.30. The quantitative estimate of drug-likeness (QED) is 0.796. The Labute approximate surface area is 170 Å². The van der Waals surface area contributed by atoms with Gasteiger partial charge in [-0.25, -0.2) is 4.39 Å². The van der Waals surface area contributed by atoms with E-state index < -0.39 is 0 Å². The van der Waals surface area contributed by atoms with E-state index in [0.717, 1.165) is 44.1 Å². The molecular formula is C23H27FN2OS. The minimum atomic E-state index is -0.163. The predicted molar refractivity (Wildman–Crippen MR) is 112 cm³/mol. The van der Waals surface area contributed by atoms with E-state index in [1.54, 1.807) is 23.5 Å². The van der Waals surface area contributed by atoms with E-state index in [4.69, 9.17) is 5.11 Å². The van der Waals surface area contributed by atoms with Gasteiger partial charge in [-0.1, -0.05) is 24.0 Å². The van der Waals surface area contributed by atoms with Crippen molar-refractivity contribution in [1.82, 2.24) is 9.80 Å². The van der Waals surface area contributed by atoms with Crippen LogP contribution in [0.4, 0.5) is 4.39 Å². The van der Waals surface area contributed by atoms with Crippen molar-refractivity contribution >= 4 is 11.3 Å². The topological polar surface area (TPSA) is 26.7 Å². The molecule has 28 heavy (non-hydrogen) atoms. The Balaban J connectivity index is 1.34. The maximum absolute atomic E-state index is 13.2. The second-order valence-electron chi connectivity index (χ2n) is 8.13. The van der Waals surface area contributed by atoms with Crippen LogP contribution in [0.2, 0.25) is 0 Å². The number of piperidine rings is 1. The summed E-state index contributed by atoms with van der Waals surface area (Å²) in [7, 11) is 0. The molecule has 1 unspecified atom stereocenters. The number of aliphatic hydroxyl groups is 1. The molecular weight excluding hydrogens is 371 g/mol. The first-order valence-electron chi connectivity index (χ1n) is 10.0. The lowest BCUT2D eigenvalue weighted by atomic mass is 9.79. The van der Waals surface area contributed by atoms with E-state index in [1.807, 2.05) is 12.1 Å². The minimum absolute atomic E-state index is 0.0870. The van der Waals surface area contributed by atoms with Crippen molar-refractivity contribution in [3.8, 4) is 11.8 Å². The van der Waals surface area contributed by atoms with E-state index in [2.05, 4.69) is 33.8 Å². The Hall–Kier alpha value is -1.71. The number of likely N-dealkylation sites (tertiary alicyclic amines) is 2. The highest BCUT2D eigenvalue weighted by molar-refractivity contribution is 7.12. The zero-order chi connectivity index (χ0) is 19.4. The number of nitrogens with zero attached hydrogens (tertiary/aromatic N) is 2. The average Bonchev–Trinajstić information content (AvgIpc) is 3.29. The molecule has 2 saturated heterocycles. The molecule has 3 heterocycles. The van der Waals surface area contributed by atoms with Crippen LogP contribution in [-0.4, -0.2) is 47.7 Å². The van der Waals surface area contributed by atoms with Crippen molar-refractivity contribution in [1.29, 1.82) is 0 Å². The third-order valence-electron chi connectivity index (χ3n) is 5.91. The Morgan fingerprint density at radius 2 is 1.79 bits per heavy atom. The lowest BCUT2D eigenvalue weighted by molar-refractivity contribution is 0.0867. The van der Waals surface area contributed by atoms with Gasteiger partial charge in [0.25, 0.3) is 0 Å². The van der Waals surface area contributed by atoms with Crippen LogP contribution in [0.15, 0.2) is 36.4 Å². The van der Waals surface area contributed by atoms with Gasteiger partial charge in [0.2, 0.25) is 0 Å². The summed E-state index contributed by atoms with van der Waals surface area (Å²) in [5.74, 6) is 5.56. The largest absolute Gasteiger partial charge is 0.384 e. The molecule has 0 amide bonds. The first-order chi connectivity index (χ1) is 13.6. The summed E-state index contributed by atoms with van der Waals surface area (Å²) < 4.78 is 13.2. The molecule has 0 radical (unpaired) electrons. The molecule has 3 nitrogen and oxygen atoms in total. The fourth-order valence-corrected chi connectivity index (χ4v) is 5.59. The summed E-state index contributed by atoms with van der Waals surface area (Å²) in [5.41, 5.74) is 1.60. The third kappa shape index (κ3) is 4.82. The van der Waals surface area contributed by atoms with Gasteiger partial charge in [-0.15, -0.1) is 11.3 Å². The summed E-state index contributed by atoms with van der Waals surface area (Å²) >= 11 is 1.73. The zero-order valence-electron chi connectivity index (χ0n) is 16.2. The second kappa shape index (κ2) is 8.75. The van der Waals surface area contributed by atoms with E-state index in [9.17, 15) is 4.39 Å². The maximum Gasteiger partial charge on any atom is 0.123 e. The Kier molecular flexibility index (Phi) is 6.13. The smallest absolute Gasteiger partial charge is 0.123 e. The van der Waals surface area contributed by atoms with Gasteiger partial charge in [-0.05, 0) is 67.6 Å². The first kappa shape index (κ1) is 19.6. The van der Waals surface area contributed by atoms with E-state index in [-0.39, 0.29) is 12.4 Å². The predicted octanol–water partition coefficient (Wildman–Crippen LogP) is 3.72. The van der Waals surface area contributed by atoms with Crippen LogP contribution in [0.1, 0.15) is 34.6 Å². The summed E-state index contributed by atoms with van der Waals surface area (Å²) in [6.07, 6.45) is 3.81. The lowest BCUT2D eigenvalue weighted by Gasteiger charge is -2.40. The molecule has 2 fully saturated rings. The van der Waals surface area contributed by atoms with E-state index in [0.29, 0.717) is 5.41 Å². The molecule has 2 aliphatic rings. The van der Waals surface area contributed by atoms with Gasteiger partial charge in [0, 0.05) is 31.1 Å². The van der Waals surface area contributed by atoms with Crippen molar-refractivity contribution in [3.05, 3.63) is 57.5 Å². The van der Waals surface area contributed by atoms with E-state index in [1.165, 1.54) is 29.7 Å². The van der Waals surface area contributed by atoms with Crippen LogP contribution in [-0.2, 0) is 13.1 Å². The number of rotatable bonds is 4. The standard InChI is InChI=1S/C23H27FN2OS/c24-20-6-4-19(5-7-20)15-25-12-2-10-23(17-25)11-13-26(18-23)16-22-9-8-21(28-22)3-1-14-27/h4-9,27H,2,10-18H2. The van der Waals surface area contributed by atoms with Crippen molar-refractivity contribution in [2.75, 3.05) is 32.8 Å². The molecule has 1 N–H and O–H groups in total. The summed E-state index contributed by atoms with van der Waals surface area (Å²) in [4.78, 5) is 7.50. The van der Waals surface area contributed by atoms with Crippen LogP contribution in [0.3, 0.4) is 0 Å². The van der Waals surface area contributed by atoms with Gasteiger partial charge in [-0.3, -0.25) is 9.80 Å². The van der Waals surface area contributed by atoms with Crippen molar-refractivity contribution in [2.24, 2.45) is 5.41 Å². The molecule has 2 aromatic rings. The molecule has 1 aromatic heterocycles. The lowest BCUT2D eigenvalue weighted by Crippen LogP contribution is -2.44. The van der Waals surface area contributed by atoms with Gasteiger partial charge in [0.05, 0.1) is 4.88 Å². The summed E-state index contributed by atoms with van der Waals surface area (Å²) in [5, 5.41) is 8.83. The van der Waals surface area contributed by atoms with Gasteiger partial charge >= 0.3 is 0 Å². The fourth-order valence-electron chi connectivity index (χ4n) is 4.67. The SMILES string of the molecule is OCC#Cc1ccc(CN2CCC3(CCCN(Cc4ccc(F)cc4)C3)C2)s1. The van der Waals surface area contributed by atoms with Crippen LogP contribution < -0.4 is 0 Å². The molecule has 0 aliphatic carbocycles. The number of halogens is 1. The maximum atomic E-state index is 13.2. The van der Waals surface area contributed by atoms with Gasteiger partial charge in [0.1, 0.15) is 12.4 Å². The molecule has 148 valence electrons. The number of hydrogen-bond donors (Lipinski definition) is 1. The Morgan fingerprint density at radius 1 is 1.00 bits per heavy atom. The van der Waals surface area contributed by atoms with Crippen LogP contribution in [0.25, 0.3) is 0 Å². The van der Waals surface area contributed by atoms with Crippen molar-refractivity contribution in [3.63, 3.8) is 0 Å². The van der Waals surface area contributed by atoms with Crippen LogP contribution in [0.5, 0.6) is 0 Å². The van der Waals surface area contributed by atoms with Crippen LogP contribution >= 0.6 is 11.3 Å². The molecule has 1 spiro atoms. The molecule has 0 bridgehead atoms. The molecule has 2 aliphatic heterocycles.